The summed E-state index contributed by atoms with van der Waals surface area (Å²) in [6.07, 6.45) is 9.76. The highest BCUT2D eigenvalue weighted by Crippen LogP contribution is 2.19. The Morgan fingerprint density at radius 3 is 2.32 bits per heavy atom. The average molecular weight is 394 g/mol. The fourth-order valence-electron chi connectivity index (χ4n) is 4.41. The van der Waals surface area contributed by atoms with E-state index in [-0.39, 0.29) is 12.5 Å². The second-order valence-electron chi connectivity index (χ2n) is 8.88. The van der Waals surface area contributed by atoms with Gasteiger partial charge in [0.05, 0.1) is 6.61 Å². The molecule has 28 heavy (non-hydrogen) atoms. The molecule has 0 aromatic carbocycles. The minimum absolute atomic E-state index is 0.0401. The number of carbonyl (C=O) groups excluding carboxylic acids is 1. The van der Waals surface area contributed by atoms with Gasteiger partial charge in [0, 0.05) is 52.4 Å². The van der Waals surface area contributed by atoms with Crippen LogP contribution in [0.15, 0.2) is 4.99 Å². The summed E-state index contributed by atoms with van der Waals surface area (Å²) >= 11 is 0. The van der Waals surface area contributed by atoms with Crippen LogP contribution in [0.5, 0.6) is 0 Å². The Morgan fingerprint density at radius 1 is 1.04 bits per heavy atom. The highest BCUT2D eigenvalue weighted by Gasteiger charge is 2.25. The maximum absolute atomic E-state index is 12.0. The van der Waals surface area contributed by atoms with Crippen LogP contribution in [0.4, 0.5) is 0 Å². The fourth-order valence-corrected chi connectivity index (χ4v) is 4.41. The van der Waals surface area contributed by atoms with Gasteiger partial charge in [0.15, 0.2) is 5.96 Å². The fraction of sp³-hybridized carbons (Fsp3) is 0.905. The van der Waals surface area contributed by atoms with Crippen LogP contribution in [0.25, 0.3) is 0 Å². The maximum Gasteiger partial charge on any atom is 0.243 e. The van der Waals surface area contributed by atoms with Gasteiger partial charge in [0.2, 0.25) is 5.91 Å². The summed E-state index contributed by atoms with van der Waals surface area (Å²) < 4.78 is 5.51. The third kappa shape index (κ3) is 6.92. The van der Waals surface area contributed by atoms with E-state index in [1.165, 1.54) is 45.1 Å². The van der Waals surface area contributed by atoms with E-state index in [2.05, 4.69) is 20.5 Å². The Morgan fingerprint density at radius 2 is 1.71 bits per heavy atom. The van der Waals surface area contributed by atoms with Crippen LogP contribution in [-0.2, 0) is 9.53 Å². The minimum Gasteiger partial charge on any atom is -0.381 e. The number of likely N-dealkylation sites (tertiary alicyclic amines) is 1. The monoisotopic (exact) mass is 393 g/mol. The molecule has 7 heteroatoms. The molecule has 1 saturated carbocycles. The quantitative estimate of drug-likeness (QED) is 0.528. The third-order valence-corrected chi connectivity index (χ3v) is 6.29. The van der Waals surface area contributed by atoms with Crippen LogP contribution in [0.2, 0.25) is 0 Å². The molecule has 0 bridgehead atoms. The number of aliphatic imine (C=N–C) groups is 1. The van der Waals surface area contributed by atoms with Gasteiger partial charge in [-0.1, -0.05) is 19.3 Å². The SMILES string of the molecule is CN(C)C(=O)CN=C(NC1CCCCC1)NC1CCN(CC2CCOC2)CC1. The summed E-state index contributed by atoms with van der Waals surface area (Å²) in [6, 6.07) is 0.914. The first-order chi connectivity index (χ1) is 13.6. The van der Waals surface area contributed by atoms with Gasteiger partial charge in [-0.15, -0.1) is 0 Å². The molecule has 2 heterocycles. The van der Waals surface area contributed by atoms with Crippen molar-refractivity contribution in [3.8, 4) is 0 Å². The smallest absolute Gasteiger partial charge is 0.243 e. The first kappa shape index (κ1) is 21.4. The summed E-state index contributed by atoms with van der Waals surface area (Å²) in [6.45, 7) is 5.49. The number of hydrogen-bond donors (Lipinski definition) is 2. The van der Waals surface area contributed by atoms with Gasteiger partial charge >= 0.3 is 0 Å². The van der Waals surface area contributed by atoms with E-state index in [1.54, 1.807) is 19.0 Å². The molecule has 2 N–H and O–H groups in total. The molecule has 2 aliphatic heterocycles. The van der Waals surface area contributed by atoms with E-state index < -0.39 is 0 Å². The van der Waals surface area contributed by atoms with E-state index in [4.69, 9.17) is 4.74 Å². The molecule has 0 aromatic rings. The second-order valence-corrected chi connectivity index (χ2v) is 8.88. The number of ether oxygens (including phenoxy) is 1. The Bertz CT molecular complexity index is 505. The van der Waals surface area contributed by atoms with Crippen molar-refractivity contribution in [2.45, 2.75) is 63.5 Å². The first-order valence-electron chi connectivity index (χ1n) is 11.2. The van der Waals surface area contributed by atoms with Crippen LogP contribution < -0.4 is 10.6 Å². The van der Waals surface area contributed by atoms with Crippen molar-refractivity contribution >= 4 is 11.9 Å². The summed E-state index contributed by atoms with van der Waals surface area (Å²) in [5, 5.41) is 7.23. The molecule has 3 rings (SSSR count). The number of amides is 1. The van der Waals surface area contributed by atoms with Gasteiger partial charge in [-0.2, -0.15) is 0 Å². The Kier molecular flexibility index (Phi) is 8.40. The van der Waals surface area contributed by atoms with Crippen molar-refractivity contribution in [2.24, 2.45) is 10.9 Å². The van der Waals surface area contributed by atoms with Crippen LogP contribution in [0.1, 0.15) is 51.4 Å². The Labute approximate surface area is 170 Å². The number of hydrogen-bond acceptors (Lipinski definition) is 4. The van der Waals surface area contributed by atoms with Crippen molar-refractivity contribution in [1.82, 2.24) is 20.4 Å². The van der Waals surface area contributed by atoms with Crippen molar-refractivity contribution in [2.75, 3.05) is 53.5 Å². The molecular weight excluding hydrogens is 354 g/mol. The predicted octanol–water partition coefficient (Wildman–Crippen LogP) is 1.44. The van der Waals surface area contributed by atoms with Crippen LogP contribution in [-0.4, -0.2) is 87.2 Å². The van der Waals surface area contributed by atoms with E-state index in [1.807, 2.05) is 0 Å². The van der Waals surface area contributed by atoms with Gasteiger partial charge in [0.25, 0.3) is 0 Å². The van der Waals surface area contributed by atoms with Crippen LogP contribution >= 0.6 is 0 Å². The zero-order valence-corrected chi connectivity index (χ0v) is 17.8. The molecule has 1 aliphatic carbocycles. The van der Waals surface area contributed by atoms with Gasteiger partial charge < -0.3 is 25.2 Å². The molecule has 160 valence electrons. The van der Waals surface area contributed by atoms with Crippen molar-refractivity contribution in [3.05, 3.63) is 0 Å². The molecule has 2 saturated heterocycles. The van der Waals surface area contributed by atoms with E-state index in [0.717, 1.165) is 45.1 Å². The highest BCUT2D eigenvalue weighted by molar-refractivity contribution is 5.85. The lowest BCUT2D eigenvalue weighted by Gasteiger charge is -2.35. The molecule has 3 aliphatic rings. The zero-order valence-electron chi connectivity index (χ0n) is 17.8. The standard InChI is InChI=1S/C21H39N5O2/c1-25(2)20(27)14-22-21(23-18-6-4-3-5-7-18)24-19-8-11-26(12-9-19)15-17-10-13-28-16-17/h17-19H,3-16H2,1-2H3,(H2,22,23,24). The molecule has 0 radical (unpaired) electrons. The maximum atomic E-state index is 12.0. The normalized spacial score (nSPS) is 25.6. The number of nitrogens with one attached hydrogen (secondary N) is 2. The largest absolute Gasteiger partial charge is 0.381 e. The molecule has 1 atom stereocenters. The average Bonchev–Trinajstić information content (AvgIpc) is 3.21. The minimum atomic E-state index is 0.0401. The number of piperidine rings is 1. The third-order valence-electron chi connectivity index (χ3n) is 6.29. The van der Waals surface area contributed by atoms with E-state index >= 15 is 0 Å². The number of likely N-dealkylation sites (N-methyl/N-ethyl adjacent to an activating group) is 1. The summed E-state index contributed by atoms with van der Waals surface area (Å²) in [5.41, 5.74) is 0. The molecule has 3 fully saturated rings. The second kappa shape index (κ2) is 11.0. The van der Waals surface area contributed by atoms with E-state index in [9.17, 15) is 4.79 Å². The number of rotatable bonds is 6. The summed E-state index contributed by atoms with van der Waals surface area (Å²) in [5.74, 6) is 1.58. The molecule has 7 nitrogen and oxygen atoms in total. The predicted molar refractivity (Wildman–Crippen MR) is 113 cm³/mol. The molecule has 0 spiro atoms. The zero-order chi connectivity index (χ0) is 19.8. The molecule has 1 unspecified atom stereocenters. The molecular formula is C21H39N5O2. The number of nitrogens with zero attached hydrogens (tertiary/aromatic N) is 3. The molecule has 0 aromatic heterocycles. The lowest BCUT2D eigenvalue weighted by Crippen LogP contribution is -2.51. The first-order valence-corrected chi connectivity index (χ1v) is 11.2. The van der Waals surface area contributed by atoms with Crippen molar-refractivity contribution in [3.63, 3.8) is 0 Å². The van der Waals surface area contributed by atoms with Crippen LogP contribution in [0.3, 0.4) is 0 Å². The molecule has 1 amide bonds. The Balaban J connectivity index is 1.48. The lowest BCUT2D eigenvalue weighted by molar-refractivity contribution is -0.127. The summed E-state index contributed by atoms with van der Waals surface area (Å²) in [7, 11) is 3.56. The van der Waals surface area contributed by atoms with Crippen LogP contribution in [0, 0.1) is 5.92 Å². The van der Waals surface area contributed by atoms with Gasteiger partial charge in [-0.3, -0.25) is 4.79 Å². The van der Waals surface area contributed by atoms with Crippen molar-refractivity contribution in [1.29, 1.82) is 0 Å². The number of guanidine groups is 1. The van der Waals surface area contributed by atoms with E-state index in [0.29, 0.717) is 18.0 Å². The van der Waals surface area contributed by atoms with Gasteiger partial charge in [-0.25, -0.2) is 4.99 Å². The van der Waals surface area contributed by atoms with Gasteiger partial charge in [0.1, 0.15) is 6.54 Å². The Hall–Kier alpha value is -1.34. The van der Waals surface area contributed by atoms with Gasteiger partial charge in [-0.05, 0) is 38.0 Å². The number of carbonyl (C=O) groups is 1. The highest BCUT2D eigenvalue weighted by atomic mass is 16.5. The topological polar surface area (TPSA) is 69.2 Å². The van der Waals surface area contributed by atoms with Crippen molar-refractivity contribution < 1.29 is 9.53 Å². The lowest BCUT2D eigenvalue weighted by atomic mass is 9.95. The summed E-state index contributed by atoms with van der Waals surface area (Å²) in [4.78, 5) is 20.8.